The Labute approximate surface area is 238 Å². The Morgan fingerprint density at radius 3 is 2.34 bits per heavy atom. The molecule has 5 rings (SSSR count). The van der Waals surface area contributed by atoms with E-state index in [2.05, 4.69) is 38.5 Å². The maximum absolute atomic E-state index is 14.6. The lowest BCUT2D eigenvalue weighted by atomic mass is 9.94. The average molecular weight is 579 g/mol. The largest absolute Gasteiger partial charge is 0.419 e. The van der Waals surface area contributed by atoms with E-state index in [9.17, 15) is 27.5 Å². The van der Waals surface area contributed by atoms with Gasteiger partial charge in [0.1, 0.15) is 18.0 Å². The van der Waals surface area contributed by atoms with Crippen LogP contribution in [0.4, 0.5) is 23.4 Å². The highest BCUT2D eigenvalue weighted by molar-refractivity contribution is 5.84. The highest BCUT2D eigenvalue weighted by Gasteiger charge is 2.38. The van der Waals surface area contributed by atoms with Crippen molar-refractivity contribution in [2.45, 2.75) is 57.3 Å². The lowest BCUT2D eigenvalue weighted by molar-refractivity contribution is -0.140. The molecule has 0 radical (unpaired) electrons. The Hall–Kier alpha value is -2.83. The van der Waals surface area contributed by atoms with Gasteiger partial charge in [-0.25, -0.2) is 14.4 Å². The predicted octanol–water partition coefficient (Wildman–Crippen LogP) is 3.63. The van der Waals surface area contributed by atoms with Gasteiger partial charge in [-0.15, -0.1) is 0 Å². The molecule has 41 heavy (non-hydrogen) atoms. The minimum absolute atomic E-state index is 0.117. The molecule has 2 aromatic rings. The fourth-order valence-corrected chi connectivity index (χ4v) is 6.34. The number of hydrogen-bond donors (Lipinski definition) is 1. The lowest BCUT2D eigenvalue weighted by Gasteiger charge is -2.40. The molecule has 2 saturated heterocycles. The average Bonchev–Trinajstić information content (AvgIpc) is 3.24. The van der Waals surface area contributed by atoms with Crippen LogP contribution in [0.1, 0.15) is 67.5 Å². The van der Waals surface area contributed by atoms with Gasteiger partial charge in [0.05, 0.1) is 23.3 Å². The highest BCUT2D eigenvalue weighted by Crippen LogP contribution is 2.43. The number of aromatic nitrogens is 2. The number of carbonyl (C=O) groups is 1. The van der Waals surface area contributed by atoms with Crippen LogP contribution in [0.25, 0.3) is 0 Å². The van der Waals surface area contributed by atoms with Crippen LogP contribution in [0.15, 0.2) is 24.5 Å². The Bertz CT molecular complexity index is 1240. The van der Waals surface area contributed by atoms with E-state index in [1.807, 2.05) is 6.92 Å². The Morgan fingerprint density at radius 1 is 1.05 bits per heavy atom. The summed E-state index contributed by atoms with van der Waals surface area (Å²) >= 11 is 0. The van der Waals surface area contributed by atoms with Crippen LogP contribution in [0.2, 0.25) is 0 Å². The molecule has 0 spiro atoms. The van der Waals surface area contributed by atoms with Crippen LogP contribution < -0.4 is 4.90 Å². The standard InChI is InChI=1S/C29H38F4N6O2/c1-18(2)37-8-6-36(7-9-37)16-21(20-4-5-22(23(30)15-20)29(31,32)33)28(41)39-12-10-38(11-13-39)27-25-19(3)14-24(40)26(25)34-17-35-27/h4-5,15,17-19,21,24,40H,6-14,16H2,1-3H3/t19?,21-,24+/m0/s1. The summed E-state index contributed by atoms with van der Waals surface area (Å²) in [5, 5.41) is 10.4. The molecule has 12 heteroatoms. The number of nitrogens with zero attached hydrogens (tertiary/aromatic N) is 6. The summed E-state index contributed by atoms with van der Waals surface area (Å²) in [6, 6.07) is 3.26. The van der Waals surface area contributed by atoms with Gasteiger partial charge in [-0.3, -0.25) is 14.6 Å². The lowest BCUT2D eigenvalue weighted by Crippen LogP contribution is -2.53. The molecule has 1 aromatic heterocycles. The van der Waals surface area contributed by atoms with Crippen molar-refractivity contribution in [3.63, 3.8) is 0 Å². The van der Waals surface area contributed by atoms with Gasteiger partial charge in [0.15, 0.2) is 0 Å². The second kappa shape index (κ2) is 11.8. The Balaban J connectivity index is 1.33. The maximum Gasteiger partial charge on any atom is 0.419 e. The number of aliphatic hydroxyl groups excluding tert-OH is 1. The van der Waals surface area contributed by atoms with Gasteiger partial charge < -0.3 is 14.9 Å². The number of alkyl halides is 3. The monoisotopic (exact) mass is 578 g/mol. The molecule has 1 aromatic carbocycles. The first kappa shape index (κ1) is 29.7. The maximum atomic E-state index is 14.6. The van der Waals surface area contributed by atoms with Gasteiger partial charge >= 0.3 is 6.18 Å². The van der Waals surface area contributed by atoms with Crippen molar-refractivity contribution in [1.29, 1.82) is 0 Å². The van der Waals surface area contributed by atoms with E-state index in [4.69, 9.17) is 0 Å². The molecular formula is C29H38F4N6O2. The summed E-state index contributed by atoms with van der Waals surface area (Å²) in [5.41, 5.74) is 0.523. The molecular weight excluding hydrogens is 540 g/mol. The van der Waals surface area contributed by atoms with Gasteiger partial charge in [0.2, 0.25) is 5.91 Å². The zero-order chi connectivity index (χ0) is 29.5. The highest BCUT2D eigenvalue weighted by atomic mass is 19.4. The molecule has 2 fully saturated rings. The fraction of sp³-hybridized carbons (Fsp3) is 0.621. The SMILES string of the molecule is CC1C[C@@H](O)c2ncnc(N3CCN(C(=O)[C@@H](CN4CCN(C(C)C)CC4)c4ccc(C(F)(F)F)c(F)c4)CC3)c21. The summed E-state index contributed by atoms with van der Waals surface area (Å²) < 4.78 is 54.4. The first-order valence-corrected chi connectivity index (χ1v) is 14.3. The molecule has 1 amide bonds. The Morgan fingerprint density at radius 2 is 1.73 bits per heavy atom. The van der Waals surface area contributed by atoms with Gasteiger partial charge in [0.25, 0.3) is 0 Å². The summed E-state index contributed by atoms with van der Waals surface area (Å²) in [6.07, 6.45) is -3.37. The molecule has 1 N–H and O–H groups in total. The van der Waals surface area contributed by atoms with Crippen molar-refractivity contribution in [1.82, 2.24) is 24.7 Å². The van der Waals surface area contributed by atoms with Crippen LogP contribution in [0.3, 0.4) is 0 Å². The van der Waals surface area contributed by atoms with Crippen molar-refractivity contribution in [3.8, 4) is 0 Å². The second-order valence-electron chi connectivity index (χ2n) is 11.7. The van der Waals surface area contributed by atoms with Crippen LogP contribution in [0.5, 0.6) is 0 Å². The van der Waals surface area contributed by atoms with Crippen LogP contribution >= 0.6 is 0 Å². The number of piperazine rings is 2. The number of anilines is 1. The van der Waals surface area contributed by atoms with Crippen LogP contribution in [0, 0.1) is 5.82 Å². The van der Waals surface area contributed by atoms with E-state index in [0.29, 0.717) is 50.9 Å². The smallest absolute Gasteiger partial charge is 0.387 e. The molecule has 0 bridgehead atoms. The van der Waals surface area contributed by atoms with E-state index in [1.54, 1.807) is 4.90 Å². The van der Waals surface area contributed by atoms with Crippen molar-refractivity contribution in [2.75, 3.05) is 63.8 Å². The molecule has 0 saturated carbocycles. The number of benzene rings is 1. The van der Waals surface area contributed by atoms with E-state index < -0.39 is 29.6 Å². The summed E-state index contributed by atoms with van der Waals surface area (Å²) in [6.45, 7) is 11.5. The number of halogens is 4. The summed E-state index contributed by atoms with van der Waals surface area (Å²) in [5.74, 6) is -1.48. The summed E-state index contributed by atoms with van der Waals surface area (Å²) in [7, 11) is 0. The third-order valence-electron chi connectivity index (χ3n) is 8.75. The topological polar surface area (TPSA) is 76.0 Å². The zero-order valence-corrected chi connectivity index (χ0v) is 23.7. The minimum atomic E-state index is -4.81. The van der Waals surface area contributed by atoms with Gasteiger partial charge in [-0.05, 0) is 43.9 Å². The van der Waals surface area contributed by atoms with Gasteiger partial charge in [-0.2, -0.15) is 13.2 Å². The minimum Gasteiger partial charge on any atom is -0.387 e. The first-order valence-electron chi connectivity index (χ1n) is 14.3. The first-order chi connectivity index (χ1) is 19.4. The number of fused-ring (bicyclic) bond motifs is 1. The number of carbonyl (C=O) groups excluding carboxylic acids is 1. The molecule has 3 atom stereocenters. The summed E-state index contributed by atoms with van der Waals surface area (Å²) in [4.78, 5) is 31.0. The molecule has 1 unspecified atom stereocenters. The van der Waals surface area contributed by atoms with E-state index >= 15 is 0 Å². The number of aliphatic hydroxyl groups is 1. The number of rotatable bonds is 6. The number of hydrogen-bond acceptors (Lipinski definition) is 7. The second-order valence-corrected chi connectivity index (χ2v) is 11.7. The van der Waals surface area contributed by atoms with E-state index in [0.717, 1.165) is 49.7 Å². The zero-order valence-electron chi connectivity index (χ0n) is 23.7. The normalized spacial score (nSPS) is 23.2. The fourth-order valence-electron chi connectivity index (χ4n) is 6.34. The van der Waals surface area contributed by atoms with E-state index in [1.165, 1.54) is 12.4 Å². The van der Waals surface area contributed by atoms with Crippen LogP contribution in [-0.2, 0) is 11.0 Å². The van der Waals surface area contributed by atoms with Crippen LogP contribution in [-0.4, -0.2) is 101 Å². The predicted molar refractivity (Wildman–Crippen MR) is 146 cm³/mol. The van der Waals surface area contributed by atoms with Crippen molar-refractivity contribution in [2.24, 2.45) is 0 Å². The third kappa shape index (κ3) is 6.19. The molecule has 3 heterocycles. The molecule has 1 aliphatic carbocycles. The van der Waals surface area contributed by atoms with Crippen molar-refractivity contribution < 1.29 is 27.5 Å². The van der Waals surface area contributed by atoms with Crippen molar-refractivity contribution in [3.05, 3.63) is 52.7 Å². The number of amides is 1. The van der Waals surface area contributed by atoms with Crippen molar-refractivity contribution >= 4 is 11.7 Å². The Kier molecular flexibility index (Phi) is 8.54. The molecule has 3 aliphatic rings. The quantitative estimate of drug-likeness (QED) is 0.525. The third-order valence-corrected chi connectivity index (χ3v) is 8.75. The molecule has 2 aliphatic heterocycles. The molecule has 8 nitrogen and oxygen atoms in total. The van der Waals surface area contributed by atoms with Gasteiger partial charge in [0, 0.05) is 70.5 Å². The van der Waals surface area contributed by atoms with E-state index in [-0.39, 0.29) is 17.4 Å². The molecule has 224 valence electrons. The van der Waals surface area contributed by atoms with Gasteiger partial charge in [-0.1, -0.05) is 13.0 Å².